The lowest BCUT2D eigenvalue weighted by atomic mass is 10.0. The first-order chi connectivity index (χ1) is 11.9. The fourth-order valence-corrected chi connectivity index (χ4v) is 5.40. The molecule has 1 amide bonds. The number of benzene rings is 2. The second-order valence-corrected chi connectivity index (χ2v) is 8.84. The standard InChI is InChI=1S/C19H17NO4S/c21-18-16-4-2-1-3-14(16)15-6-5-13(9-17(15)18)19(22)20-10-12-7-8-25(23,24)11-12/h1-6,9,12H,7-8,10-11H2,(H,20,22). The summed E-state index contributed by atoms with van der Waals surface area (Å²) in [6, 6.07) is 12.5. The topological polar surface area (TPSA) is 80.3 Å². The quantitative estimate of drug-likeness (QED) is 0.780. The molecule has 1 unspecified atom stereocenters. The molecular formula is C19H17NO4S. The van der Waals surface area contributed by atoms with Crippen molar-refractivity contribution in [3.63, 3.8) is 0 Å². The molecule has 1 heterocycles. The van der Waals surface area contributed by atoms with Gasteiger partial charge in [-0.1, -0.05) is 30.3 Å². The number of amides is 1. The average Bonchev–Trinajstić information content (AvgIpc) is 3.10. The first-order valence-electron chi connectivity index (χ1n) is 8.21. The zero-order valence-corrected chi connectivity index (χ0v) is 14.3. The minimum Gasteiger partial charge on any atom is -0.352 e. The summed E-state index contributed by atoms with van der Waals surface area (Å²) in [7, 11) is -2.95. The van der Waals surface area contributed by atoms with Gasteiger partial charge in [-0.25, -0.2) is 8.42 Å². The first kappa shape index (κ1) is 16.0. The monoisotopic (exact) mass is 355 g/mol. The van der Waals surface area contributed by atoms with Gasteiger partial charge < -0.3 is 5.32 Å². The third-order valence-electron chi connectivity index (χ3n) is 4.87. The van der Waals surface area contributed by atoms with Crippen molar-refractivity contribution in [3.05, 3.63) is 59.2 Å². The Morgan fingerprint density at radius 3 is 2.48 bits per heavy atom. The maximum atomic E-state index is 12.5. The van der Waals surface area contributed by atoms with E-state index in [4.69, 9.17) is 0 Å². The molecule has 0 bridgehead atoms. The van der Waals surface area contributed by atoms with Crippen LogP contribution in [0.4, 0.5) is 0 Å². The van der Waals surface area contributed by atoms with Gasteiger partial charge in [-0.15, -0.1) is 0 Å². The van der Waals surface area contributed by atoms with Crippen molar-refractivity contribution in [1.29, 1.82) is 0 Å². The maximum absolute atomic E-state index is 12.5. The molecule has 1 atom stereocenters. The number of fused-ring (bicyclic) bond motifs is 3. The van der Waals surface area contributed by atoms with Gasteiger partial charge in [0.15, 0.2) is 15.6 Å². The molecule has 1 aliphatic heterocycles. The molecule has 128 valence electrons. The molecule has 1 fully saturated rings. The number of ketones is 1. The summed E-state index contributed by atoms with van der Waals surface area (Å²) in [5.74, 6) is -0.0584. The van der Waals surface area contributed by atoms with E-state index in [-0.39, 0.29) is 29.1 Å². The van der Waals surface area contributed by atoms with Crippen LogP contribution in [-0.2, 0) is 9.84 Å². The maximum Gasteiger partial charge on any atom is 0.251 e. The van der Waals surface area contributed by atoms with Crippen molar-refractivity contribution in [3.8, 4) is 11.1 Å². The van der Waals surface area contributed by atoms with Gasteiger partial charge in [0.1, 0.15) is 0 Å². The molecule has 5 nitrogen and oxygen atoms in total. The van der Waals surface area contributed by atoms with Gasteiger partial charge in [0, 0.05) is 23.2 Å². The number of rotatable bonds is 3. The van der Waals surface area contributed by atoms with Crippen LogP contribution in [-0.4, -0.2) is 38.2 Å². The number of sulfone groups is 1. The Morgan fingerprint density at radius 1 is 1.04 bits per heavy atom. The molecule has 2 aromatic rings. The summed E-state index contributed by atoms with van der Waals surface area (Å²) in [5.41, 5.74) is 3.36. The molecule has 6 heteroatoms. The third kappa shape index (κ3) is 2.87. The zero-order valence-electron chi connectivity index (χ0n) is 13.5. The molecule has 1 N–H and O–H groups in total. The third-order valence-corrected chi connectivity index (χ3v) is 6.70. The highest BCUT2D eigenvalue weighted by Crippen LogP contribution is 2.36. The van der Waals surface area contributed by atoms with Gasteiger partial charge in [-0.3, -0.25) is 9.59 Å². The summed E-state index contributed by atoms with van der Waals surface area (Å²) in [6.45, 7) is 0.337. The number of hydrogen-bond donors (Lipinski definition) is 1. The second-order valence-electron chi connectivity index (χ2n) is 6.61. The van der Waals surface area contributed by atoms with Crippen molar-refractivity contribution >= 4 is 21.5 Å². The lowest BCUT2D eigenvalue weighted by molar-refractivity contribution is 0.0948. The number of nitrogens with one attached hydrogen (secondary N) is 1. The molecular weight excluding hydrogens is 338 g/mol. The Balaban J connectivity index is 1.51. The van der Waals surface area contributed by atoms with E-state index in [2.05, 4.69) is 5.32 Å². The van der Waals surface area contributed by atoms with Crippen molar-refractivity contribution in [2.24, 2.45) is 5.92 Å². The summed E-state index contributed by atoms with van der Waals surface area (Å²) < 4.78 is 23.0. The van der Waals surface area contributed by atoms with Crippen LogP contribution in [0.1, 0.15) is 32.7 Å². The van der Waals surface area contributed by atoms with Gasteiger partial charge in [0.05, 0.1) is 11.5 Å². The van der Waals surface area contributed by atoms with Crippen LogP contribution in [0.3, 0.4) is 0 Å². The van der Waals surface area contributed by atoms with E-state index in [9.17, 15) is 18.0 Å². The highest BCUT2D eigenvalue weighted by Gasteiger charge is 2.29. The fraction of sp³-hybridized carbons (Fsp3) is 0.263. The first-order valence-corrected chi connectivity index (χ1v) is 10.0. The average molecular weight is 355 g/mol. The highest BCUT2D eigenvalue weighted by molar-refractivity contribution is 7.91. The van der Waals surface area contributed by atoms with Gasteiger partial charge in [0.25, 0.3) is 5.91 Å². The van der Waals surface area contributed by atoms with Gasteiger partial charge in [0.2, 0.25) is 0 Å². The van der Waals surface area contributed by atoms with E-state index >= 15 is 0 Å². The van der Waals surface area contributed by atoms with Crippen LogP contribution in [0.15, 0.2) is 42.5 Å². The van der Waals surface area contributed by atoms with E-state index in [1.165, 1.54) is 0 Å². The summed E-state index contributed by atoms with van der Waals surface area (Å²) in [5, 5.41) is 2.79. The highest BCUT2D eigenvalue weighted by atomic mass is 32.2. The van der Waals surface area contributed by atoms with Crippen LogP contribution in [0.2, 0.25) is 0 Å². The van der Waals surface area contributed by atoms with Crippen molar-refractivity contribution in [1.82, 2.24) is 5.32 Å². The van der Waals surface area contributed by atoms with Crippen LogP contribution < -0.4 is 5.32 Å². The van der Waals surface area contributed by atoms with E-state index < -0.39 is 9.84 Å². The van der Waals surface area contributed by atoms with Crippen LogP contribution in [0, 0.1) is 5.92 Å². The van der Waals surface area contributed by atoms with Crippen molar-refractivity contribution in [2.45, 2.75) is 6.42 Å². The van der Waals surface area contributed by atoms with Gasteiger partial charge in [-0.05, 0) is 35.6 Å². The van der Waals surface area contributed by atoms with Crippen LogP contribution in [0.25, 0.3) is 11.1 Å². The molecule has 4 rings (SSSR count). The lowest BCUT2D eigenvalue weighted by Crippen LogP contribution is -2.29. The molecule has 2 aliphatic rings. The Bertz CT molecular complexity index is 994. The van der Waals surface area contributed by atoms with E-state index in [0.717, 1.165) is 11.1 Å². The zero-order chi connectivity index (χ0) is 17.6. The molecule has 2 aromatic carbocycles. The molecule has 0 saturated carbocycles. The molecule has 1 aliphatic carbocycles. The summed E-state index contributed by atoms with van der Waals surface area (Å²) in [4.78, 5) is 24.9. The lowest BCUT2D eigenvalue weighted by Gasteiger charge is -2.10. The minimum atomic E-state index is -2.95. The van der Waals surface area contributed by atoms with E-state index in [1.807, 2.05) is 18.2 Å². The largest absolute Gasteiger partial charge is 0.352 e. The number of carbonyl (C=O) groups is 2. The van der Waals surface area contributed by atoms with Gasteiger partial charge >= 0.3 is 0 Å². The summed E-state index contributed by atoms with van der Waals surface area (Å²) in [6.07, 6.45) is 0.584. The molecule has 1 saturated heterocycles. The Morgan fingerprint density at radius 2 is 1.76 bits per heavy atom. The second kappa shape index (κ2) is 5.81. The van der Waals surface area contributed by atoms with Crippen LogP contribution >= 0.6 is 0 Å². The van der Waals surface area contributed by atoms with Gasteiger partial charge in [-0.2, -0.15) is 0 Å². The Hall–Kier alpha value is -2.47. The Labute approximate surface area is 146 Å². The molecule has 0 spiro atoms. The predicted molar refractivity (Wildman–Crippen MR) is 94.4 cm³/mol. The SMILES string of the molecule is O=C(NCC1CCS(=O)(=O)C1)c1ccc2c(c1)C(=O)c1ccccc1-2. The number of carbonyl (C=O) groups excluding carboxylic acids is 2. The summed E-state index contributed by atoms with van der Waals surface area (Å²) >= 11 is 0. The van der Waals surface area contributed by atoms with E-state index in [1.54, 1.807) is 24.3 Å². The molecule has 25 heavy (non-hydrogen) atoms. The number of hydrogen-bond acceptors (Lipinski definition) is 4. The van der Waals surface area contributed by atoms with Crippen molar-refractivity contribution < 1.29 is 18.0 Å². The minimum absolute atomic E-state index is 0.0331. The molecule has 0 aromatic heterocycles. The predicted octanol–water partition coefficient (Wildman–Crippen LogP) is 2.06. The smallest absolute Gasteiger partial charge is 0.251 e. The Kier molecular flexibility index (Phi) is 3.72. The van der Waals surface area contributed by atoms with Crippen LogP contribution in [0.5, 0.6) is 0 Å². The molecule has 0 radical (unpaired) electrons. The van der Waals surface area contributed by atoms with E-state index in [0.29, 0.717) is 29.7 Å². The normalized spacial score (nSPS) is 20.2. The van der Waals surface area contributed by atoms with Crippen molar-refractivity contribution in [2.75, 3.05) is 18.1 Å². The fourth-order valence-electron chi connectivity index (χ4n) is 3.54.